The highest BCUT2D eigenvalue weighted by atomic mass is 35.5. The fraction of sp³-hybridized carbons (Fsp3) is 0.211. The van der Waals surface area contributed by atoms with E-state index in [1.54, 1.807) is 0 Å². The van der Waals surface area contributed by atoms with Gasteiger partial charge in [-0.15, -0.1) is 0 Å². The molecule has 0 amide bonds. The van der Waals surface area contributed by atoms with E-state index in [0.717, 1.165) is 5.88 Å². The van der Waals surface area contributed by atoms with Crippen LogP contribution >= 0.6 is 11.8 Å². The van der Waals surface area contributed by atoms with Crippen molar-refractivity contribution in [1.29, 1.82) is 0 Å². The first-order valence-electron chi connectivity index (χ1n) is 7.52. The normalized spacial score (nSPS) is 11.3. The third-order valence-corrected chi connectivity index (χ3v) is 5.12. The molecule has 4 aromatic rings. The van der Waals surface area contributed by atoms with Crippen LogP contribution < -0.4 is 17.0 Å². The number of rotatable bonds is 2. The molecule has 0 atom stereocenters. The van der Waals surface area contributed by atoms with Crippen LogP contribution in [-0.4, -0.2) is 11.2 Å². The van der Waals surface area contributed by atoms with Crippen LogP contribution in [0.25, 0.3) is 32.6 Å². The summed E-state index contributed by atoms with van der Waals surface area (Å²) in [6.45, 7) is 4.46. The Labute approximate surface area is 146 Å². The van der Waals surface area contributed by atoms with Crippen LogP contribution in [0.3, 0.4) is 0 Å². The van der Waals surface area contributed by atoms with Crippen molar-refractivity contribution < 1.29 is 17.0 Å². The van der Waals surface area contributed by atoms with Crippen LogP contribution in [0.15, 0.2) is 42.7 Å². The molecule has 0 bridgehead atoms. The number of fused-ring (bicyclic) bond motifs is 4. The molecule has 2 nitrogen and oxygen atoms in total. The number of halogens is 1. The molecule has 0 unspecified atom stereocenters. The number of nitrogens with one attached hydrogen (secondary N) is 1. The Morgan fingerprint density at radius 1 is 1.00 bits per heavy atom. The maximum Gasteiger partial charge on any atom is 0.194 e. The van der Waals surface area contributed by atoms with Crippen molar-refractivity contribution in [2.75, 3.05) is 6.26 Å². The van der Waals surface area contributed by atoms with Crippen molar-refractivity contribution in [3.63, 3.8) is 0 Å². The maximum atomic E-state index is 3.61. The monoisotopic (exact) mass is 342 g/mol. The lowest BCUT2D eigenvalue weighted by Gasteiger charge is -2.08. The first-order valence-corrected chi connectivity index (χ1v) is 8.91. The Hall–Kier alpha value is -1.71. The number of hydrogen-bond donors (Lipinski definition) is 1. The number of pyridine rings is 1. The van der Waals surface area contributed by atoms with Crippen molar-refractivity contribution in [3.05, 3.63) is 53.9 Å². The second-order valence-corrected chi connectivity index (χ2v) is 6.71. The largest absolute Gasteiger partial charge is 1.00 e. The fourth-order valence-corrected chi connectivity index (χ4v) is 3.93. The molecular weight excluding hydrogens is 324 g/mol. The van der Waals surface area contributed by atoms with Gasteiger partial charge in [0.2, 0.25) is 0 Å². The molecule has 118 valence electrons. The summed E-state index contributed by atoms with van der Waals surface area (Å²) in [4.78, 5) is 3.61. The number of para-hydroxylation sites is 1. The zero-order chi connectivity index (χ0) is 15.3. The number of H-pyrrole nitrogens is 1. The van der Waals surface area contributed by atoms with Crippen molar-refractivity contribution >= 4 is 44.3 Å². The first kappa shape index (κ1) is 16.2. The molecule has 2 heterocycles. The molecule has 0 fully saturated rings. The standard InChI is InChI=1S/C19H18N2S.ClH/c1-12-16-10-21(11-22-3)9-8-14(16)13(2)19-18(12)15-6-4-5-7-17(15)20-19;/h4-10H,11H2,1-3H3;1H. The molecule has 4 rings (SSSR count). The van der Waals surface area contributed by atoms with Crippen LogP contribution in [0.1, 0.15) is 11.1 Å². The van der Waals surface area contributed by atoms with E-state index in [2.05, 4.69) is 72.4 Å². The summed E-state index contributed by atoms with van der Waals surface area (Å²) in [6.07, 6.45) is 6.60. The van der Waals surface area contributed by atoms with E-state index in [1.807, 2.05) is 11.8 Å². The summed E-state index contributed by atoms with van der Waals surface area (Å²) in [5.74, 6) is 0.986. The van der Waals surface area contributed by atoms with Crippen LogP contribution in [-0.2, 0) is 5.88 Å². The van der Waals surface area contributed by atoms with Gasteiger partial charge in [0, 0.05) is 27.7 Å². The Balaban J connectivity index is 0.00000156. The Bertz CT molecular complexity index is 1020. The smallest absolute Gasteiger partial charge is 0.194 e. The quantitative estimate of drug-likeness (QED) is 0.550. The second kappa shape index (κ2) is 6.06. The van der Waals surface area contributed by atoms with Gasteiger partial charge in [-0.05, 0) is 42.7 Å². The molecule has 0 radical (unpaired) electrons. The third kappa shape index (κ3) is 2.39. The van der Waals surface area contributed by atoms with E-state index in [4.69, 9.17) is 0 Å². The molecule has 23 heavy (non-hydrogen) atoms. The SMILES string of the molecule is CSC[n+]1ccc2c(C)c3[nH]c4ccccc4c3c(C)c2c1.[Cl-]. The van der Waals surface area contributed by atoms with Crippen LogP contribution in [0.5, 0.6) is 0 Å². The van der Waals surface area contributed by atoms with E-state index in [0.29, 0.717) is 0 Å². The summed E-state index contributed by atoms with van der Waals surface area (Å²) in [5.41, 5.74) is 5.19. The molecule has 0 aliphatic rings. The lowest BCUT2D eigenvalue weighted by molar-refractivity contribution is -0.674. The van der Waals surface area contributed by atoms with Gasteiger partial charge in [0.05, 0.1) is 5.52 Å². The lowest BCUT2D eigenvalue weighted by Crippen LogP contribution is -3.00. The predicted octanol–water partition coefficient (Wildman–Crippen LogP) is 1.70. The van der Waals surface area contributed by atoms with Crippen molar-refractivity contribution in [2.24, 2.45) is 0 Å². The molecule has 0 saturated heterocycles. The second-order valence-electron chi connectivity index (χ2n) is 5.87. The number of aromatic amines is 1. The molecule has 4 heteroatoms. The number of benzene rings is 2. The summed E-state index contributed by atoms with van der Waals surface area (Å²) in [7, 11) is 0. The zero-order valence-corrected chi connectivity index (χ0v) is 15.1. The van der Waals surface area contributed by atoms with Crippen LogP contribution in [0.2, 0.25) is 0 Å². The number of hydrogen-bond acceptors (Lipinski definition) is 1. The summed E-state index contributed by atoms with van der Waals surface area (Å²) in [5, 5.41) is 5.38. The maximum absolute atomic E-state index is 3.61. The topological polar surface area (TPSA) is 19.7 Å². The highest BCUT2D eigenvalue weighted by Gasteiger charge is 2.15. The van der Waals surface area contributed by atoms with Gasteiger partial charge in [0.1, 0.15) is 0 Å². The van der Waals surface area contributed by atoms with E-state index in [-0.39, 0.29) is 12.4 Å². The van der Waals surface area contributed by atoms with E-state index < -0.39 is 0 Å². The van der Waals surface area contributed by atoms with Crippen LogP contribution in [0.4, 0.5) is 0 Å². The van der Waals surface area contributed by atoms with Crippen molar-refractivity contribution in [3.8, 4) is 0 Å². The van der Waals surface area contributed by atoms with E-state index in [1.165, 1.54) is 43.7 Å². The molecule has 2 aromatic carbocycles. The Morgan fingerprint density at radius 3 is 2.57 bits per heavy atom. The van der Waals surface area contributed by atoms with Gasteiger partial charge in [-0.2, -0.15) is 4.57 Å². The van der Waals surface area contributed by atoms with Gasteiger partial charge in [-0.25, -0.2) is 0 Å². The molecule has 0 spiro atoms. The lowest BCUT2D eigenvalue weighted by atomic mass is 9.97. The van der Waals surface area contributed by atoms with Gasteiger partial charge in [0.25, 0.3) is 0 Å². The van der Waals surface area contributed by atoms with Gasteiger partial charge >= 0.3 is 0 Å². The minimum atomic E-state index is 0. The summed E-state index contributed by atoms with van der Waals surface area (Å²) < 4.78 is 2.26. The van der Waals surface area contributed by atoms with E-state index >= 15 is 0 Å². The summed E-state index contributed by atoms with van der Waals surface area (Å²) >= 11 is 1.84. The Kier molecular flexibility index (Phi) is 4.26. The zero-order valence-electron chi connectivity index (χ0n) is 13.5. The molecule has 0 aliphatic heterocycles. The minimum Gasteiger partial charge on any atom is -1.00 e. The van der Waals surface area contributed by atoms with Crippen molar-refractivity contribution in [1.82, 2.24) is 4.98 Å². The highest BCUT2D eigenvalue weighted by Crippen LogP contribution is 2.35. The fourth-order valence-electron chi connectivity index (χ4n) is 3.48. The van der Waals surface area contributed by atoms with Gasteiger partial charge < -0.3 is 17.4 Å². The van der Waals surface area contributed by atoms with Crippen molar-refractivity contribution in [2.45, 2.75) is 19.7 Å². The number of thioether (sulfide) groups is 1. The molecular formula is C19H19ClN2S. The van der Waals surface area contributed by atoms with Gasteiger partial charge in [-0.3, -0.25) is 0 Å². The minimum absolute atomic E-state index is 0. The predicted molar refractivity (Wildman–Crippen MR) is 96.5 cm³/mol. The first-order chi connectivity index (χ1) is 10.7. The number of nitrogens with zero attached hydrogens (tertiary/aromatic N) is 1. The van der Waals surface area contributed by atoms with Crippen LogP contribution in [0, 0.1) is 13.8 Å². The van der Waals surface area contributed by atoms with E-state index in [9.17, 15) is 0 Å². The van der Waals surface area contributed by atoms with Gasteiger partial charge in [0.15, 0.2) is 18.3 Å². The Morgan fingerprint density at radius 2 is 1.78 bits per heavy atom. The highest BCUT2D eigenvalue weighted by molar-refractivity contribution is 7.97. The molecule has 1 N–H and O–H groups in total. The third-order valence-electron chi connectivity index (χ3n) is 4.56. The van der Waals surface area contributed by atoms with Gasteiger partial charge in [-0.1, -0.05) is 30.0 Å². The molecule has 2 aromatic heterocycles. The number of aromatic nitrogens is 2. The molecule has 0 aliphatic carbocycles. The average Bonchev–Trinajstić information content (AvgIpc) is 2.93. The summed E-state index contributed by atoms with van der Waals surface area (Å²) in [6, 6.07) is 10.8. The molecule has 0 saturated carbocycles. The average molecular weight is 343 g/mol. The number of aryl methyl sites for hydroxylation is 2.